The third-order valence-electron chi connectivity index (χ3n) is 12.3. The van der Waals surface area contributed by atoms with E-state index in [9.17, 15) is 19.2 Å². The Bertz CT molecular complexity index is 3030. The molecule has 14 nitrogen and oxygen atoms in total. The largest absolute Gasteiger partial charge is 0.444 e. The molecule has 0 radical (unpaired) electrons. The summed E-state index contributed by atoms with van der Waals surface area (Å²) in [5.41, 5.74) is 5.68. The van der Waals surface area contributed by atoms with Crippen LogP contribution < -0.4 is 10.6 Å². The fourth-order valence-electron chi connectivity index (χ4n) is 9.08. The average molecular weight is 960 g/mol. The van der Waals surface area contributed by atoms with Crippen molar-refractivity contribution in [3.05, 3.63) is 195 Å². The highest BCUT2D eigenvalue weighted by Crippen LogP contribution is 2.46. The molecule has 0 bridgehead atoms. The SMILES string of the molecule is COCCN1C(=O)c2ccccc2C(C(=O)Nc2ccc(-n3ccnc3C)cc2)C1c1cccs1.COCCN1C(=O)c2ccccc2C(C(=O)Nc2cccc(-c3cnco3)c2)C1c1cccs1. The molecule has 0 saturated heterocycles. The summed E-state index contributed by atoms with van der Waals surface area (Å²) in [4.78, 5) is 68.3. The third-order valence-corrected chi connectivity index (χ3v) is 14.2. The summed E-state index contributed by atoms with van der Waals surface area (Å²) in [5.74, 6) is -0.157. The Morgan fingerprint density at radius 3 is 1.74 bits per heavy atom. The summed E-state index contributed by atoms with van der Waals surface area (Å²) in [7, 11) is 3.22. The molecule has 69 heavy (non-hydrogen) atoms. The van der Waals surface area contributed by atoms with E-state index in [2.05, 4.69) is 20.6 Å². The quantitative estimate of drug-likeness (QED) is 0.108. The van der Waals surface area contributed by atoms with Crippen LogP contribution in [-0.2, 0) is 19.1 Å². The van der Waals surface area contributed by atoms with Crippen molar-refractivity contribution in [2.75, 3.05) is 51.2 Å². The van der Waals surface area contributed by atoms with Gasteiger partial charge in [-0.15, -0.1) is 22.7 Å². The van der Waals surface area contributed by atoms with Crippen molar-refractivity contribution in [2.24, 2.45) is 0 Å². The standard InChI is InChI=1S/C27H26N4O3S.C26H23N3O4S/c1-18-28-13-14-30(18)20-11-9-19(10-12-20)29-26(32)24-21-6-3-4-7-22(21)27(33)31(15-16-34-2)25(24)23-8-5-17-35-23;1-32-12-11-29-24(22-10-5-13-34-22)23(19-8-2-3-9-20(19)26(29)31)25(30)28-18-7-4-6-17(14-18)21-15-27-16-33-21/h3-14,17,24-25H,15-16H2,1-2H3,(H,29,32);2-10,13-16,23-24H,11-12H2,1H3,(H,28,30). The average Bonchev–Trinajstić information content (AvgIpc) is 4.24. The summed E-state index contributed by atoms with van der Waals surface area (Å²) < 4.78 is 17.9. The summed E-state index contributed by atoms with van der Waals surface area (Å²) in [5, 5.41) is 10.1. The lowest BCUT2D eigenvalue weighted by molar-refractivity contribution is -0.120. The van der Waals surface area contributed by atoms with E-state index in [0.29, 0.717) is 54.6 Å². The van der Waals surface area contributed by atoms with Gasteiger partial charge < -0.3 is 38.9 Å². The Labute approximate surface area is 407 Å². The number of ether oxygens (including phenoxy) is 2. The van der Waals surface area contributed by atoms with Crippen molar-refractivity contribution in [3.63, 3.8) is 0 Å². The predicted molar refractivity (Wildman–Crippen MR) is 266 cm³/mol. The van der Waals surface area contributed by atoms with Gasteiger partial charge in [-0.2, -0.15) is 0 Å². The number of nitrogens with one attached hydrogen (secondary N) is 2. The Balaban J connectivity index is 0.000000172. The highest BCUT2D eigenvalue weighted by molar-refractivity contribution is 7.10. The Hall–Kier alpha value is -7.50. The molecular weight excluding hydrogens is 911 g/mol. The van der Waals surface area contributed by atoms with Crippen molar-refractivity contribution in [1.29, 1.82) is 0 Å². The minimum atomic E-state index is -0.585. The number of hydrogen-bond donors (Lipinski definition) is 2. The molecule has 4 atom stereocenters. The molecule has 16 heteroatoms. The first-order valence-corrected chi connectivity index (χ1v) is 24.1. The molecule has 4 aromatic heterocycles. The predicted octanol–water partition coefficient (Wildman–Crippen LogP) is 9.78. The van der Waals surface area contributed by atoms with Gasteiger partial charge in [0.1, 0.15) is 5.82 Å². The number of amides is 4. The second kappa shape index (κ2) is 21.2. The summed E-state index contributed by atoms with van der Waals surface area (Å²) in [6.45, 7) is 3.49. The molecule has 6 heterocycles. The van der Waals surface area contributed by atoms with E-state index < -0.39 is 23.9 Å². The van der Waals surface area contributed by atoms with Crippen LogP contribution in [0.5, 0.6) is 0 Å². The number of carbonyl (C=O) groups excluding carboxylic acids is 4. The number of oxazole rings is 1. The lowest BCUT2D eigenvalue weighted by Gasteiger charge is -2.41. The van der Waals surface area contributed by atoms with Crippen LogP contribution in [0.3, 0.4) is 0 Å². The second-order valence-corrected chi connectivity index (χ2v) is 18.3. The topological polar surface area (TPSA) is 161 Å². The van der Waals surface area contributed by atoms with Gasteiger partial charge in [0.15, 0.2) is 12.2 Å². The molecule has 4 amide bonds. The first-order valence-electron chi connectivity index (χ1n) is 22.3. The van der Waals surface area contributed by atoms with Crippen molar-refractivity contribution < 1.29 is 33.1 Å². The van der Waals surface area contributed by atoms with Crippen molar-refractivity contribution in [1.82, 2.24) is 24.3 Å². The monoisotopic (exact) mass is 959 g/mol. The van der Waals surface area contributed by atoms with Crippen LogP contribution >= 0.6 is 22.7 Å². The molecular formula is C53H49N7O7S2. The maximum absolute atomic E-state index is 13.8. The zero-order valence-electron chi connectivity index (χ0n) is 38.1. The van der Waals surface area contributed by atoms with E-state index in [1.165, 1.54) is 17.7 Å². The van der Waals surface area contributed by atoms with Crippen molar-refractivity contribution in [3.8, 4) is 17.0 Å². The van der Waals surface area contributed by atoms with Gasteiger partial charge in [-0.05, 0) is 89.5 Å². The van der Waals surface area contributed by atoms with Gasteiger partial charge in [0.25, 0.3) is 11.8 Å². The first-order chi connectivity index (χ1) is 33.7. The number of nitrogens with zero attached hydrogens (tertiary/aromatic N) is 5. The van der Waals surface area contributed by atoms with Crippen LogP contribution in [0, 0.1) is 6.92 Å². The molecule has 4 aromatic carbocycles. The van der Waals surface area contributed by atoms with E-state index in [-0.39, 0.29) is 23.6 Å². The van der Waals surface area contributed by atoms with Crippen LogP contribution in [0.25, 0.3) is 17.0 Å². The number of aryl methyl sites for hydroxylation is 1. The van der Waals surface area contributed by atoms with E-state index in [4.69, 9.17) is 13.9 Å². The summed E-state index contributed by atoms with van der Waals surface area (Å²) >= 11 is 3.09. The maximum atomic E-state index is 13.8. The van der Waals surface area contributed by atoms with E-state index in [1.54, 1.807) is 59.9 Å². The lowest BCUT2D eigenvalue weighted by Crippen LogP contribution is -2.47. The zero-order valence-corrected chi connectivity index (χ0v) is 39.7. The Kier molecular flexibility index (Phi) is 14.3. The van der Waals surface area contributed by atoms with Gasteiger partial charge in [0.05, 0.1) is 43.3 Å². The Morgan fingerprint density at radius 1 is 0.681 bits per heavy atom. The van der Waals surface area contributed by atoms with E-state index >= 15 is 0 Å². The first kappa shape index (κ1) is 46.6. The normalized spacial score (nSPS) is 17.4. The molecule has 2 N–H and O–H groups in total. The molecule has 0 aliphatic carbocycles. The van der Waals surface area contributed by atoms with Gasteiger partial charge >= 0.3 is 0 Å². The van der Waals surface area contributed by atoms with Gasteiger partial charge in [0, 0.05) is 83.2 Å². The number of methoxy groups -OCH3 is 2. The highest BCUT2D eigenvalue weighted by atomic mass is 32.1. The number of fused-ring (bicyclic) bond motifs is 2. The second-order valence-electron chi connectivity index (χ2n) is 16.3. The fourth-order valence-corrected chi connectivity index (χ4v) is 10.8. The number of hydrogen-bond acceptors (Lipinski definition) is 11. The lowest BCUT2D eigenvalue weighted by atomic mass is 9.81. The highest BCUT2D eigenvalue weighted by Gasteiger charge is 2.46. The number of aromatic nitrogens is 3. The molecule has 8 aromatic rings. The molecule has 2 aliphatic rings. The maximum Gasteiger partial charge on any atom is 0.254 e. The van der Waals surface area contributed by atoms with E-state index in [0.717, 1.165) is 38.0 Å². The molecule has 4 unspecified atom stereocenters. The molecule has 2 aliphatic heterocycles. The number of thiophene rings is 2. The molecule has 10 rings (SSSR count). The molecule has 0 spiro atoms. The van der Waals surface area contributed by atoms with Crippen LogP contribution in [0.4, 0.5) is 11.4 Å². The minimum absolute atomic E-state index is 0.0832. The van der Waals surface area contributed by atoms with Crippen molar-refractivity contribution >= 4 is 57.7 Å². The smallest absolute Gasteiger partial charge is 0.254 e. The molecule has 0 fully saturated rings. The van der Waals surface area contributed by atoms with Crippen LogP contribution in [0.15, 0.2) is 161 Å². The van der Waals surface area contributed by atoms with Crippen LogP contribution in [0.2, 0.25) is 0 Å². The number of benzene rings is 4. The zero-order chi connectivity index (χ0) is 47.9. The van der Waals surface area contributed by atoms with Gasteiger partial charge in [-0.25, -0.2) is 9.97 Å². The fraction of sp³-hybridized carbons (Fsp3) is 0.208. The number of anilines is 2. The number of carbonyl (C=O) groups is 4. The van der Waals surface area contributed by atoms with Gasteiger partial charge in [0.2, 0.25) is 11.8 Å². The Morgan fingerprint density at radius 2 is 1.25 bits per heavy atom. The van der Waals surface area contributed by atoms with E-state index in [1.807, 2.05) is 138 Å². The number of rotatable bonds is 14. The third kappa shape index (κ3) is 9.78. The molecule has 350 valence electrons. The van der Waals surface area contributed by atoms with Crippen LogP contribution in [-0.4, -0.2) is 88.5 Å². The molecule has 0 saturated carbocycles. The van der Waals surface area contributed by atoms with Gasteiger partial charge in [-0.1, -0.05) is 60.7 Å². The van der Waals surface area contributed by atoms with Crippen molar-refractivity contribution in [2.45, 2.75) is 30.8 Å². The minimum Gasteiger partial charge on any atom is -0.444 e. The summed E-state index contributed by atoms with van der Waals surface area (Å²) in [6, 6.07) is 36.8. The van der Waals surface area contributed by atoms with Gasteiger partial charge in [-0.3, -0.25) is 19.2 Å². The number of imidazole rings is 1. The summed E-state index contributed by atoms with van der Waals surface area (Å²) in [6.07, 6.45) is 6.66. The van der Waals surface area contributed by atoms with Crippen LogP contribution in [0.1, 0.15) is 71.3 Å².